The van der Waals surface area contributed by atoms with E-state index in [1.165, 1.54) is 5.56 Å². The summed E-state index contributed by atoms with van der Waals surface area (Å²) in [5.41, 5.74) is 0.668. The van der Waals surface area contributed by atoms with Gasteiger partial charge in [-0.15, -0.1) is 0 Å². The summed E-state index contributed by atoms with van der Waals surface area (Å²) in [7, 11) is 0. The molecule has 0 saturated carbocycles. The second-order valence-electron chi connectivity index (χ2n) is 5.75. The summed E-state index contributed by atoms with van der Waals surface area (Å²) in [4.78, 5) is 6.60. The lowest BCUT2D eigenvalue weighted by atomic mass is 9.91. The molecule has 2 N–H and O–H groups in total. The Balaban J connectivity index is 1.80. The van der Waals surface area contributed by atoms with Crippen LogP contribution in [0.1, 0.15) is 18.9 Å². The van der Waals surface area contributed by atoms with Gasteiger partial charge in [-0.1, -0.05) is 30.3 Å². The third-order valence-electron chi connectivity index (χ3n) is 4.16. The van der Waals surface area contributed by atoms with E-state index in [-0.39, 0.29) is 0 Å². The van der Waals surface area contributed by atoms with E-state index in [1.807, 2.05) is 25.1 Å². The first-order valence-corrected chi connectivity index (χ1v) is 7.64. The van der Waals surface area contributed by atoms with Crippen LogP contribution in [-0.4, -0.2) is 53.9 Å². The summed E-state index contributed by atoms with van der Waals surface area (Å²) in [6, 6.07) is 10.9. The zero-order valence-corrected chi connectivity index (χ0v) is 12.5. The Morgan fingerprint density at radius 3 is 2.95 bits per heavy atom. The van der Waals surface area contributed by atoms with Crippen molar-refractivity contribution < 1.29 is 9.84 Å². The van der Waals surface area contributed by atoms with Crippen molar-refractivity contribution in [3.8, 4) is 0 Å². The molecule has 0 unspecified atom stereocenters. The third kappa shape index (κ3) is 2.89. The Labute approximate surface area is 125 Å². The molecule has 0 radical (unpaired) electrons. The molecule has 0 aromatic heterocycles. The zero-order chi connectivity index (χ0) is 14.7. The average Bonchev–Trinajstić information content (AvgIpc) is 2.83. The molecule has 1 spiro atoms. The first-order chi connectivity index (χ1) is 10.2. The van der Waals surface area contributed by atoms with Crippen molar-refractivity contribution in [2.24, 2.45) is 4.99 Å². The van der Waals surface area contributed by atoms with Crippen LogP contribution in [0, 0.1) is 0 Å². The van der Waals surface area contributed by atoms with Crippen molar-refractivity contribution >= 4 is 6.02 Å². The number of hydrogen-bond donors (Lipinski definition) is 2. The second-order valence-corrected chi connectivity index (χ2v) is 5.75. The molecule has 0 amide bonds. The Bertz CT molecular complexity index is 506. The van der Waals surface area contributed by atoms with Crippen molar-refractivity contribution in [1.82, 2.24) is 10.2 Å². The van der Waals surface area contributed by atoms with Gasteiger partial charge in [0.2, 0.25) is 0 Å². The van der Waals surface area contributed by atoms with E-state index >= 15 is 0 Å². The van der Waals surface area contributed by atoms with E-state index in [4.69, 9.17) is 4.74 Å². The summed E-state index contributed by atoms with van der Waals surface area (Å²) >= 11 is 0. The van der Waals surface area contributed by atoms with Crippen LogP contribution in [0.3, 0.4) is 0 Å². The van der Waals surface area contributed by atoms with Gasteiger partial charge in [-0.3, -0.25) is 0 Å². The number of rotatable bonds is 3. The highest BCUT2D eigenvalue weighted by Gasteiger charge is 2.50. The fourth-order valence-corrected chi connectivity index (χ4v) is 3.05. The summed E-state index contributed by atoms with van der Waals surface area (Å²) in [6.45, 7) is 5.62. The molecular weight excluding hydrogens is 266 g/mol. The van der Waals surface area contributed by atoms with Crippen LogP contribution < -0.4 is 5.32 Å². The molecule has 5 heteroatoms. The highest BCUT2D eigenvalue weighted by molar-refractivity contribution is 5.76. The molecule has 21 heavy (non-hydrogen) atoms. The molecule has 2 aliphatic rings. The van der Waals surface area contributed by atoms with Crippen molar-refractivity contribution in [3.63, 3.8) is 0 Å². The minimum atomic E-state index is -0.555. The Morgan fingerprint density at radius 1 is 1.43 bits per heavy atom. The smallest absolute Gasteiger partial charge is 0.288 e. The maximum absolute atomic E-state index is 10.4. The fraction of sp³-hybridized carbons (Fsp3) is 0.562. The number of aliphatic hydroxyl groups excluding tert-OH is 1. The van der Waals surface area contributed by atoms with Gasteiger partial charge < -0.3 is 20.1 Å². The van der Waals surface area contributed by atoms with Gasteiger partial charge >= 0.3 is 0 Å². The van der Waals surface area contributed by atoms with E-state index in [9.17, 15) is 5.11 Å². The summed E-state index contributed by atoms with van der Waals surface area (Å²) < 4.78 is 6.09. The number of benzene rings is 1. The molecule has 3 rings (SSSR count). The third-order valence-corrected chi connectivity index (χ3v) is 4.16. The number of piperidine rings is 1. The number of nitrogens with one attached hydrogen (secondary N) is 1. The summed E-state index contributed by atoms with van der Waals surface area (Å²) in [5.74, 6) is 0. The van der Waals surface area contributed by atoms with Gasteiger partial charge in [-0.2, -0.15) is 0 Å². The molecule has 2 atom stereocenters. The number of amidine groups is 1. The minimum absolute atomic E-state index is 0.443. The molecule has 5 nitrogen and oxygen atoms in total. The molecular formula is C16H23N3O2. The van der Waals surface area contributed by atoms with E-state index in [0.29, 0.717) is 25.7 Å². The van der Waals surface area contributed by atoms with Crippen LogP contribution in [0.25, 0.3) is 0 Å². The van der Waals surface area contributed by atoms with Crippen LogP contribution in [0.4, 0.5) is 0 Å². The van der Waals surface area contributed by atoms with Crippen LogP contribution in [-0.2, 0) is 11.3 Å². The molecule has 2 saturated heterocycles. The van der Waals surface area contributed by atoms with Gasteiger partial charge in [0.1, 0.15) is 0 Å². The molecule has 1 aromatic rings. The Morgan fingerprint density at radius 2 is 2.24 bits per heavy atom. The lowest BCUT2D eigenvalue weighted by molar-refractivity contribution is -0.0595. The van der Waals surface area contributed by atoms with Gasteiger partial charge in [0, 0.05) is 19.6 Å². The highest BCUT2D eigenvalue weighted by atomic mass is 16.6. The summed E-state index contributed by atoms with van der Waals surface area (Å²) in [6.07, 6.45) is 0.278. The largest absolute Gasteiger partial charge is 0.452 e. The number of aliphatic hydroxyl groups is 1. The van der Waals surface area contributed by atoms with Gasteiger partial charge in [0.05, 0.1) is 12.6 Å². The van der Waals surface area contributed by atoms with Crippen molar-refractivity contribution in [2.45, 2.75) is 31.6 Å². The van der Waals surface area contributed by atoms with Crippen LogP contribution in [0.15, 0.2) is 35.3 Å². The Kier molecular flexibility index (Phi) is 4.12. The second kappa shape index (κ2) is 6.03. The normalized spacial score (nSPS) is 30.9. The molecule has 2 aliphatic heterocycles. The SMILES string of the molecule is CCN=C1O[C@]2(CNCC[C@@H]2O)CN1Cc1ccccc1. The Hall–Kier alpha value is -1.59. The number of ether oxygens (including phenoxy) is 1. The van der Waals surface area contributed by atoms with Gasteiger partial charge in [0.25, 0.3) is 6.02 Å². The quantitative estimate of drug-likeness (QED) is 0.871. The lowest BCUT2D eigenvalue weighted by Crippen LogP contribution is -2.57. The van der Waals surface area contributed by atoms with Crippen molar-refractivity contribution in [1.29, 1.82) is 0 Å². The van der Waals surface area contributed by atoms with E-state index in [1.54, 1.807) is 0 Å². The minimum Gasteiger partial charge on any atom is -0.452 e. The van der Waals surface area contributed by atoms with Gasteiger partial charge in [-0.05, 0) is 25.5 Å². The maximum atomic E-state index is 10.4. The molecule has 114 valence electrons. The van der Waals surface area contributed by atoms with Crippen molar-refractivity contribution in [3.05, 3.63) is 35.9 Å². The molecule has 0 bridgehead atoms. The first-order valence-electron chi connectivity index (χ1n) is 7.64. The van der Waals surface area contributed by atoms with Gasteiger partial charge in [-0.25, -0.2) is 4.99 Å². The molecule has 0 aliphatic carbocycles. The highest BCUT2D eigenvalue weighted by Crippen LogP contribution is 2.30. The number of hydrogen-bond acceptors (Lipinski definition) is 4. The topological polar surface area (TPSA) is 57.1 Å². The van der Waals surface area contributed by atoms with Crippen LogP contribution in [0.2, 0.25) is 0 Å². The average molecular weight is 289 g/mol. The predicted octanol–water partition coefficient (Wildman–Crippen LogP) is 0.988. The standard InChI is InChI=1S/C16H23N3O2/c1-2-18-15-19(10-13-6-4-3-5-7-13)12-16(21-15)11-17-9-8-14(16)20/h3-7,14,17,20H,2,8-12H2,1H3/t14-,16+/m0/s1. The fourth-order valence-electron chi connectivity index (χ4n) is 3.05. The molecule has 2 heterocycles. The van der Waals surface area contributed by atoms with Crippen LogP contribution in [0.5, 0.6) is 0 Å². The zero-order valence-electron chi connectivity index (χ0n) is 12.5. The van der Waals surface area contributed by atoms with E-state index in [2.05, 4.69) is 27.3 Å². The lowest BCUT2D eigenvalue weighted by Gasteiger charge is -2.36. The maximum Gasteiger partial charge on any atom is 0.288 e. The molecule has 1 aromatic carbocycles. The van der Waals surface area contributed by atoms with Gasteiger partial charge in [0.15, 0.2) is 5.60 Å². The van der Waals surface area contributed by atoms with Crippen molar-refractivity contribution in [2.75, 3.05) is 26.2 Å². The monoisotopic (exact) mass is 289 g/mol. The van der Waals surface area contributed by atoms with E-state index < -0.39 is 11.7 Å². The molecule has 2 fully saturated rings. The number of aliphatic imine (C=N–C) groups is 1. The number of nitrogens with zero attached hydrogens (tertiary/aromatic N) is 2. The van der Waals surface area contributed by atoms with E-state index in [0.717, 1.165) is 19.5 Å². The summed E-state index contributed by atoms with van der Waals surface area (Å²) in [5, 5.41) is 13.7. The van der Waals surface area contributed by atoms with Crippen LogP contribution >= 0.6 is 0 Å². The first kappa shape index (κ1) is 14.4. The predicted molar refractivity (Wildman–Crippen MR) is 82.1 cm³/mol.